The number of carbonyl (C=O) groups is 1. The van der Waals surface area contributed by atoms with E-state index in [1.807, 2.05) is 37.3 Å². The van der Waals surface area contributed by atoms with E-state index in [1.165, 1.54) is 26.0 Å². The van der Waals surface area contributed by atoms with Gasteiger partial charge in [-0.3, -0.25) is 14.2 Å². The summed E-state index contributed by atoms with van der Waals surface area (Å²) in [7, 11) is 0. The summed E-state index contributed by atoms with van der Waals surface area (Å²) in [6.45, 7) is 4.87. The van der Waals surface area contributed by atoms with Crippen molar-refractivity contribution in [2.24, 2.45) is 0 Å². The Hall–Kier alpha value is -3.27. The molecule has 32 heavy (non-hydrogen) atoms. The number of nitriles is 1. The van der Waals surface area contributed by atoms with E-state index >= 15 is 0 Å². The average Bonchev–Trinajstić information content (AvgIpc) is 2.74. The zero-order chi connectivity index (χ0) is 23.6. The van der Waals surface area contributed by atoms with Gasteiger partial charge in [-0.25, -0.2) is 0 Å². The number of aromatic hydroxyl groups is 1. The summed E-state index contributed by atoms with van der Waals surface area (Å²) in [5, 5.41) is 21.1. The lowest BCUT2D eigenvalue weighted by atomic mass is 9.99. The molecule has 8 heteroatoms. The van der Waals surface area contributed by atoms with Gasteiger partial charge in [-0.1, -0.05) is 53.0 Å². The summed E-state index contributed by atoms with van der Waals surface area (Å²) in [5.41, 5.74) is 0.832. The van der Waals surface area contributed by atoms with Crippen LogP contribution in [0.25, 0.3) is 0 Å². The van der Waals surface area contributed by atoms with Gasteiger partial charge in [0.05, 0.1) is 17.1 Å². The Kier molecular flexibility index (Phi) is 6.93. The molecule has 0 aliphatic carbocycles. The highest BCUT2D eigenvalue weighted by Crippen LogP contribution is 2.30. The van der Waals surface area contributed by atoms with Crippen molar-refractivity contribution in [3.8, 4) is 17.7 Å². The number of hydrogen-bond donors (Lipinski definition) is 1. The average molecular weight is 471 g/mol. The van der Waals surface area contributed by atoms with Gasteiger partial charge in [0.25, 0.3) is 5.56 Å². The van der Waals surface area contributed by atoms with Crippen molar-refractivity contribution in [2.45, 2.75) is 33.4 Å². The summed E-state index contributed by atoms with van der Waals surface area (Å²) in [6.07, 6.45) is -1.06. The normalized spacial score (nSPS) is 11.6. The van der Waals surface area contributed by atoms with Crippen LogP contribution in [0.5, 0.6) is 11.6 Å². The van der Waals surface area contributed by atoms with Crippen LogP contribution < -0.4 is 10.3 Å². The monoisotopic (exact) mass is 470 g/mol. The topological polar surface area (TPSA) is 92.3 Å². The van der Waals surface area contributed by atoms with Crippen LogP contribution in [0.4, 0.5) is 0 Å². The molecule has 0 amide bonds. The summed E-state index contributed by atoms with van der Waals surface area (Å²) >= 11 is 12.0. The predicted octanol–water partition coefficient (Wildman–Crippen LogP) is 5.05. The molecule has 0 radical (unpaired) electrons. The Morgan fingerprint density at radius 3 is 2.44 bits per heavy atom. The third-order valence-electron chi connectivity index (χ3n) is 5.07. The zero-order valence-corrected chi connectivity index (χ0v) is 19.2. The van der Waals surface area contributed by atoms with Crippen LogP contribution in [0.2, 0.25) is 10.0 Å². The molecule has 6 nitrogen and oxygen atoms in total. The molecule has 3 aromatic rings. The molecule has 1 heterocycles. The first-order chi connectivity index (χ1) is 15.1. The molecule has 1 atom stereocenters. The largest absolute Gasteiger partial charge is 0.494 e. The molecule has 0 fully saturated rings. The summed E-state index contributed by atoms with van der Waals surface area (Å²) in [4.78, 5) is 26.1. The van der Waals surface area contributed by atoms with Crippen LogP contribution in [-0.4, -0.2) is 21.6 Å². The van der Waals surface area contributed by atoms with Gasteiger partial charge in [0.15, 0.2) is 6.10 Å². The number of Topliss-reactive ketones (excluding diaryl/α,β-unsaturated/α-hetero) is 1. The number of pyridine rings is 1. The van der Waals surface area contributed by atoms with Crippen LogP contribution in [0.15, 0.2) is 47.3 Å². The van der Waals surface area contributed by atoms with Crippen molar-refractivity contribution >= 4 is 29.0 Å². The maximum absolute atomic E-state index is 13.2. The molecule has 0 aliphatic rings. The molecule has 0 saturated heterocycles. The number of hydrogen-bond acceptors (Lipinski definition) is 5. The number of ketones is 1. The third-order valence-corrected chi connectivity index (χ3v) is 5.61. The van der Waals surface area contributed by atoms with Crippen LogP contribution in [0, 0.1) is 25.2 Å². The van der Waals surface area contributed by atoms with Crippen molar-refractivity contribution in [2.75, 3.05) is 0 Å². The fourth-order valence-electron chi connectivity index (χ4n) is 3.29. The number of nitrogens with zero attached hydrogens (tertiary/aromatic N) is 2. The number of aromatic nitrogens is 1. The van der Waals surface area contributed by atoms with Gasteiger partial charge in [-0.15, -0.1) is 0 Å². The number of benzene rings is 2. The summed E-state index contributed by atoms with van der Waals surface area (Å²) in [5.74, 6) is -0.877. The molecular weight excluding hydrogens is 451 g/mol. The van der Waals surface area contributed by atoms with Crippen molar-refractivity contribution in [3.05, 3.63) is 90.7 Å². The lowest BCUT2D eigenvalue weighted by Gasteiger charge is -2.19. The highest BCUT2D eigenvalue weighted by molar-refractivity contribution is 6.35. The molecular formula is C24H20Cl2N2O4. The minimum absolute atomic E-state index is 0.00155. The lowest BCUT2D eigenvalue weighted by Crippen LogP contribution is -2.31. The van der Waals surface area contributed by atoms with Gasteiger partial charge in [-0.05, 0) is 50.1 Å². The first-order valence-electron chi connectivity index (χ1n) is 9.72. The highest BCUT2D eigenvalue weighted by atomic mass is 35.5. The van der Waals surface area contributed by atoms with Gasteiger partial charge in [0, 0.05) is 5.02 Å². The van der Waals surface area contributed by atoms with Crippen LogP contribution in [0.3, 0.4) is 0 Å². The molecule has 2 aromatic carbocycles. The molecule has 164 valence electrons. The second-order valence-corrected chi connectivity index (χ2v) is 8.23. The van der Waals surface area contributed by atoms with Gasteiger partial charge in [0.2, 0.25) is 11.7 Å². The zero-order valence-electron chi connectivity index (χ0n) is 17.6. The minimum atomic E-state index is -1.06. The maximum atomic E-state index is 13.2. The number of carbonyl (C=O) groups excluding carboxylic acids is 1. The number of rotatable bonds is 6. The smallest absolute Gasteiger partial charge is 0.271 e. The predicted molar refractivity (Wildman–Crippen MR) is 123 cm³/mol. The SMILES string of the molecule is Cc1ccc(Cn2c(O)c(C(=O)C(C)Oc3ccc(Cl)cc3Cl)c(C)c(C#N)c2=O)cc1. The summed E-state index contributed by atoms with van der Waals surface area (Å²) in [6, 6.07) is 13.8. The van der Waals surface area contributed by atoms with E-state index in [-0.39, 0.29) is 34.0 Å². The molecule has 1 unspecified atom stereocenters. The fourth-order valence-corrected chi connectivity index (χ4v) is 3.74. The minimum Gasteiger partial charge on any atom is -0.494 e. The van der Waals surface area contributed by atoms with E-state index in [9.17, 15) is 20.0 Å². The standard InChI is InChI=1S/C24H20Cl2N2O4/c1-13-4-6-16(7-5-13)12-28-23(30)18(11-27)14(2)21(24(28)31)22(29)15(3)32-20-9-8-17(25)10-19(20)26/h4-10,15,31H,12H2,1-3H3. The van der Waals surface area contributed by atoms with E-state index in [4.69, 9.17) is 27.9 Å². The third kappa shape index (κ3) is 4.64. The quantitative estimate of drug-likeness (QED) is 0.508. The molecule has 0 spiro atoms. The van der Waals surface area contributed by atoms with Crippen LogP contribution >= 0.6 is 23.2 Å². The van der Waals surface area contributed by atoms with E-state index in [0.29, 0.717) is 5.02 Å². The Morgan fingerprint density at radius 2 is 1.84 bits per heavy atom. The van der Waals surface area contributed by atoms with Crippen molar-refractivity contribution in [1.29, 1.82) is 5.26 Å². The van der Waals surface area contributed by atoms with Crippen molar-refractivity contribution in [1.82, 2.24) is 4.57 Å². The van der Waals surface area contributed by atoms with Crippen molar-refractivity contribution < 1.29 is 14.6 Å². The van der Waals surface area contributed by atoms with Gasteiger partial charge >= 0.3 is 0 Å². The first kappa shape index (κ1) is 23.4. The second kappa shape index (κ2) is 9.47. The van der Waals surface area contributed by atoms with Gasteiger partial charge in [0.1, 0.15) is 17.4 Å². The van der Waals surface area contributed by atoms with E-state index < -0.39 is 23.3 Å². The molecule has 0 aliphatic heterocycles. The Labute approximate surface area is 195 Å². The lowest BCUT2D eigenvalue weighted by molar-refractivity contribution is 0.0813. The van der Waals surface area contributed by atoms with Crippen LogP contribution in [0.1, 0.15) is 39.5 Å². The molecule has 0 bridgehead atoms. The van der Waals surface area contributed by atoms with Gasteiger partial charge < -0.3 is 9.84 Å². The van der Waals surface area contributed by atoms with Gasteiger partial charge in [-0.2, -0.15) is 5.26 Å². The second-order valence-electron chi connectivity index (χ2n) is 7.39. The number of halogens is 2. The maximum Gasteiger partial charge on any atom is 0.271 e. The Morgan fingerprint density at radius 1 is 1.19 bits per heavy atom. The first-order valence-corrected chi connectivity index (χ1v) is 10.5. The molecule has 3 rings (SSSR count). The van der Waals surface area contributed by atoms with E-state index in [0.717, 1.165) is 15.7 Å². The summed E-state index contributed by atoms with van der Waals surface area (Å²) < 4.78 is 6.70. The molecule has 1 N–H and O–H groups in total. The fraction of sp³-hybridized carbons (Fsp3) is 0.208. The number of ether oxygens (including phenoxy) is 1. The van der Waals surface area contributed by atoms with Crippen LogP contribution in [-0.2, 0) is 6.54 Å². The number of aryl methyl sites for hydroxylation is 1. The van der Waals surface area contributed by atoms with E-state index in [2.05, 4.69) is 0 Å². The van der Waals surface area contributed by atoms with E-state index in [1.54, 1.807) is 6.07 Å². The van der Waals surface area contributed by atoms with Crippen molar-refractivity contribution in [3.63, 3.8) is 0 Å². The Balaban J connectivity index is 2.04. The molecule has 1 aromatic heterocycles. The molecule has 0 saturated carbocycles. The highest BCUT2D eigenvalue weighted by Gasteiger charge is 2.28. The Bertz CT molecular complexity index is 1290.